The average molecular weight is 200 g/mol. The minimum Gasteiger partial charge on any atom is -0.496 e. The molecule has 0 saturated heterocycles. The van der Waals surface area contributed by atoms with Crippen molar-refractivity contribution in [1.82, 2.24) is 5.43 Å². The van der Waals surface area contributed by atoms with Gasteiger partial charge >= 0.3 is 0 Å². The lowest BCUT2D eigenvalue weighted by atomic mass is 10.0. The van der Waals surface area contributed by atoms with Gasteiger partial charge in [0.2, 0.25) is 0 Å². The van der Waals surface area contributed by atoms with Crippen molar-refractivity contribution in [1.29, 1.82) is 0 Å². The van der Waals surface area contributed by atoms with Gasteiger partial charge in [0.1, 0.15) is 5.76 Å². The van der Waals surface area contributed by atoms with Gasteiger partial charge in [-0.25, -0.2) is 5.43 Å². The van der Waals surface area contributed by atoms with Gasteiger partial charge in [-0.05, 0) is 18.4 Å². The van der Waals surface area contributed by atoms with E-state index in [0.29, 0.717) is 5.92 Å². The second kappa shape index (κ2) is 6.01. The molecule has 4 nitrogen and oxygen atoms in total. The van der Waals surface area contributed by atoms with Crippen LogP contribution in [-0.4, -0.2) is 26.4 Å². The highest BCUT2D eigenvalue weighted by molar-refractivity contribution is 5.06. The van der Waals surface area contributed by atoms with Crippen molar-refractivity contribution in [3.8, 4) is 0 Å². The van der Waals surface area contributed by atoms with Crippen LogP contribution in [0.4, 0.5) is 0 Å². The number of hydrogen-bond donors (Lipinski definition) is 2. The molecule has 2 atom stereocenters. The Bertz CT molecular complexity index is 195. The smallest absolute Gasteiger partial charge is 0.110 e. The summed E-state index contributed by atoms with van der Waals surface area (Å²) in [5, 5.41) is 0. The monoisotopic (exact) mass is 200 g/mol. The van der Waals surface area contributed by atoms with Gasteiger partial charge < -0.3 is 9.47 Å². The Labute approximate surface area is 85.4 Å². The van der Waals surface area contributed by atoms with E-state index in [0.717, 1.165) is 31.8 Å². The Morgan fingerprint density at radius 1 is 1.71 bits per heavy atom. The molecule has 0 radical (unpaired) electrons. The fraction of sp³-hybridized carbons (Fsp3) is 0.800. The van der Waals surface area contributed by atoms with Crippen molar-refractivity contribution < 1.29 is 9.47 Å². The van der Waals surface area contributed by atoms with Crippen LogP contribution in [0.1, 0.15) is 19.8 Å². The first-order valence-electron chi connectivity index (χ1n) is 5.05. The van der Waals surface area contributed by atoms with Crippen LogP contribution in [0.2, 0.25) is 0 Å². The van der Waals surface area contributed by atoms with Crippen molar-refractivity contribution in [2.45, 2.75) is 25.8 Å². The van der Waals surface area contributed by atoms with Gasteiger partial charge in [0.05, 0.1) is 12.6 Å². The van der Waals surface area contributed by atoms with Gasteiger partial charge in [-0.15, -0.1) is 0 Å². The molecule has 3 N–H and O–H groups in total. The van der Waals surface area contributed by atoms with Crippen LogP contribution in [0.3, 0.4) is 0 Å². The number of nitrogens with two attached hydrogens (primary N) is 1. The number of hydrogen-bond acceptors (Lipinski definition) is 4. The topological polar surface area (TPSA) is 56.5 Å². The van der Waals surface area contributed by atoms with E-state index in [4.69, 9.17) is 15.3 Å². The van der Waals surface area contributed by atoms with E-state index >= 15 is 0 Å². The molecule has 82 valence electrons. The van der Waals surface area contributed by atoms with E-state index in [1.54, 1.807) is 7.11 Å². The summed E-state index contributed by atoms with van der Waals surface area (Å²) in [6.45, 7) is 3.68. The summed E-state index contributed by atoms with van der Waals surface area (Å²) in [4.78, 5) is 0. The van der Waals surface area contributed by atoms with Crippen molar-refractivity contribution in [2.75, 3.05) is 20.3 Å². The third-order valence-electron chi connectivity index (χ3n) is 2.37. The summed E-state index contributed by atoms with van der Waals surface area (Å²) in [6, 6.07) is 0.127. The Kier molecular flexibility index (Phi) is 4.93. The van der Waals surface area contributed by atoms with Gasteiger partial charge in [-0.3, -0.25) is 5.84 Å². The molecule has 1 heterocycles. The number of nitrogens with one attached hydrogen (secondary N) is 1. The fourth-order valence-electron chi connectivity index (χ4n) is 1.70. The van der Waals surface area contributed by atoms with Gasteiger partial charge in [0.15, 0.2) is 0 Å². The zero-order valence-electron chi connectivity index (χ0n) is 8.95. The van der Waals surface area contributed by atoms with Crippen LogP contribution in [0.15, 0.2) is 11.8 Å². The van der Waals surface area contributed by atoms with Crippen LogP contribution < -0.4 is 11.3 Å². The minimum absolute atomic E-state index is 0.127. The highest BCUT2D eigenvalue weighted by atomic mass is 16.5. The summed E-state index contributed by atoms with van der Waals surface area (Å²) in [7, 11) is 1.71. The van der Waals surface area contributed by atoms with Crippen LogP contribution in [0.5, 0.6) is 0 Å². The molecule has 2 unspecified atom stereocenters. The Balaban J connectivity index is 2.37. The molecule has 1 rings (SSSR count). The van der Waals surface area contributed by atoms with Crippen molar-refractivity contribution >= 4 is 0 Å². The first kappa shape index (κ1) is 11.5. The first-order chi connectivity index (χ1) is 6.77. The molecule has 0 aromatic rings. The third-order valence-corrected chi connectivity index (χ3v) is 2.37. The average Bonchev–Trinajstić information content (AvgIpc) is 2.67. The Morgan fingerprint density at radius 3 is 3.00 bits per heavy atom. The van der Waals surface area contributed by atoms with E-state index in [1.807, 2.05) is 0 Å². The van der Waals surface area contributed by atoms with Crippen LogP contribution >= 0.6 is 0 Å². The molecule has 1 aliphatic rings. The number of ether oxygens (including phenoxy) is 2. The minimum atomic E-state index is 0.127. The second-order valence-corrected chi connectivity index (χ2v) is 3.76. The predicted molar refractivity (Wildman–Crippen MR) is 55.4 cm³/mol. The van der Waals surface area contributed by atoms with Gasteiger partial charge in [0, 0.05) is 20.1 Å². The molecule has 0 aromatic carbocycles. The Morgan fingerprint density at radius 2 is 2.50 bits per heavy atom. The lowest BCUT2D eigenvalue weighted by Crippen LogP contribution is -2.38. The van der Waals surface area contributed by atoms with E-state index in [2.05, 4.69) is 18.4 Å². The summed E-state index contributed by atoms with van der Waals surface area (Å²) < 4.78 is 10.5. The van der Waals surface area contributed by atoms with Crippen LogP contribution in [0.25, 0.3) is 0 Å². The molecule has 14 heavy (non-hydrogen) atoms. The molecule has 0 fully saturated rings. The summed E-state index contributed by atoms with van der Waals surface area (Å²) in [5.74, 6) is 6.95. The van der Waals surface area contributed by atoms with E-state index < -0.39 is 0 Å². The SMILES string of the molecule is COCC(C)CC(NN)C1=CCCO1. The molecular weight excluding hydrogens is 180 g/mol. The molecule has 0 amide bonds. The second-order valence-electron chi connectivity index (χ2n) is 3.76. The maximum Gasteiger partial charge on any atom is 0.110 e. The quantitative estimate of drug-likeness (QED) is 0.492. The molecular formula is C10H20N2O2. The summed E-state index contributed by atoms with van der Waals surface area (Å²) in [6.07, 6.45) is 4.03. The molecule has 0 bridgehead atoms. The zero-order valence-corrected chi connectivity index (χ0v) is 8.95. The molecule has 0 saturated carbocycles. The molecule has 4 heteroatoms. The number of hydrazine groups is 1. The normalized spacial score (nSPS) is 20.1. The summed E-state index contributed by atoms with van der Waals surface area (Å²) in [5.41, 5.74) is 2.78. The number of methoxy groups -OCH3 is 1. The predicted octanol–water partition coefficient (Wildman–Crippen LogP) is 0.795. The maximum atomic E-state index is 5.49. The summed E-state index contributed by atoms with van der Waals surface area (Å²) >= 11 is 0. The fourth-order valence-corrected chi connectivity index (χ4v) is 1.70. The van der Waals surface area contributed by atoms with Crippen LogP contribution in [0, 0.1) is 5.92 Å². The van der Waals surface area contributed by atoms with Crippen molar-refractivity contribution in [3.63, 3.8) is 0 Å². The third kappa shape index (κ3) is 3.29. The van der Waals surface area contributed by atoms with Crippen LogP contribution in [-0.2, 0) is 9.47 Å². The maximum absolute atomic E-state index is 5.49. The lowest BCUT2D eigenvalue weighted by molar-refractivity contribution is 0.142. The molecule has 1 aliphatic heterocycles. The standard InChI is InChI=1S/C10H20N2O2/c1-8(7-13-2)6-9(12-11)10-4-3-5-14-10/h4,8-9,12H,3,5-7,11H2,1-2H3. The lowest BCUT2D eigenvalue weighted by Gasteiger charge is -2.20. The largest absolute Gasteiger partial charge is 0.496 e. The van der Waals surface area contributed by atoms with Crippen molar-refractivity contribution in [3.05, 3.63) is 11.8 Å². The van der Waals surface area contributed by atoms with E-state index in [9.17, 15) is 0 Å². The highest BCUT2D eigenvalue weighted by Crippen LogP contribution is 2.18. The highest BCUT2D eigenvalue weighted by Gasteiger charge is 2.19. The van der Waals surface area contributed by atoms with Gasteiger partial charge in [-0.1, -0.05) is 6.92 Å². The first-order valence-corrected chi connectivity index (χ1v) is 5.05. The van der Waals surface area contributed by atoms with Crippen molar-refractivity contribution in [2.24, 2.45) is 11.8 Å². The van der Waals surface area contributed by atoms with Gasteiger partial charge in [-0.2, -0.15) is 0 Å². The van der Waals surface area contributed by atoms with Gasteiger partial charge in [0.25, 0.3) is 0 Å². The molecule has 0 spiro atoms. The zero-order chi connectivity index (χ0) is 10.4. The molecule has 0 aromatic heterocycles. The molecule has 0 aliphatic carbocycles. The Hall–Kier alpha value is -0.580. The van der Waals surface area contributed by atoms with E-state index in [1.165, 1.54) is 0 Å². The van der Waals surface area contributed by atoms with E-state index in [-0.39, 0.29) is 6.04 Å². The number of rotatable bonds is 6.